The Morgan fingerprint density at radius 2 is 2.10 bits per heavy atom. The highest BCUT2D eigenvalue weighted by atomic mass is 79.9. The number of hydrogen-bond acceptors (Lipinski definition) is 4. The summed E-state index contributed by atoms with van der Waals surface area (Å²) in [7, 11) is 0. The largest absolute Gasteiger partial charge is 0.271 e. The highest BCUT2D eigenvalue weighted by molar-refractivity contribution is 9.10. The lowest BCUT2D eigenvalue weighted by Gasteiger charge is -2.12. The second-order valence-electron chi connectivity index (χ2n) is 4.68. The zero-order chi connectivity index (χ0) is 14.7. The van der Waals surface area contributed by atoms with Crippen molar-refractivity contribution in [3.05, 3.63) is 69.1 Å². The number of nitrogens with two attached hydrogens (primary N) is 1. The molecular weight excluding hydrogens is 348 g/mol. The quantitative estimate of drug-likeness (QED) is 0.539. The minimum atomic E-state index is 0.000474. The van der Waals surface area contributed by atoms with Crippen LogP contribution in [0.4, 0.5) is 0 Å². The molecule has 3 rings (SSSR count). The van der Waals surface area contributed by atoms with Crippen molar-refractivity contribution in [2.75, 3.05) is 0 Å². The van der Waals surface area contributed by atoms with Crippen LogP contribution in [0.15, 0.2) is 58.5 Å². The smallest absolute Gasteiger partial charge is 0.0815 e. The first-order chi connectivity index (χ1) is 10.3. The van der Waals surface area contributed by atoms with E-state index < -0.39 is 0 Å². The predicted octanol–water partition coefficient (Wildman–Crippen LogP) is 3.44. The zero-order valence-electron chi connectivity index (χ0n) is 11.2. The molecule has 0 fully saturated rings. The minimum absolute atomic E-state index is 0.000474. The van der Waals surface area contributed by atoms with E-state index in [4.69, 9.17) is 5.84 Å². The third kappa shape index (κ3) is 3.41. The first-order valence-corrected chi connectivity index (χ1v) is 8.23. The van der Waals surface area contributed by atoms with Gasteiger partial charge >= 0.3 is 0 Å². The molecule has 0 aliphatic rings. The summed E-state index contributed by atoms with van der Waals surface area (Å²) in [5.41, 5.74) is 4.83. The second-order valence-corrected chi connectivity index (χ2v) is 6.59. The molecule has 1 aromatic carbocycles. The average molecular weight is 363 g/mol. The molecule has 2 heterocycles. The van der Waals surface area contributed by atoms with Crippen LogP contribution in [-0.4, -0.2) is 9.78 Å². The van der Waals surface area contributed by atoms with E-state index >= 15 is 0 Å². The third-order valence-corrected chi connectivity index (χ3v) is 4.94. The summed E-state index contributed by atoms with van der Waals surface area (Å²) >= 11 is 5.19. The maximum absolute atomic E-state index is 5.70. The van der Waals surface area contributed by atoms with Crippen LogP contribution in [0.2, 0.25) is 0 Å². The lowest BCUT2D eigenvalue weighted by atomic mass is 10.1. The van der Waals surface area contributed by atoms with Crippen LogP contribution < -0.4 is 11.3 Å². The van der Waals surface area contributed by atoms with Crippen molar-refractivity contribution in [2.24, 2.45) is 5.84 Å². The molecule has 0 saturated carbocycles. The van der Waals surface area contributed by atoms with Crippen molar-refractivity contribution in [3.8, 4) is 5.69 Å². The number of benzene rings is 1. The Morgan fingerprint density at radius 1 is 1.29 bits per heavy atom. The molecule has 3 aromatic rings. The summed E-state index contributed by atoms with van der Waals surface area (Å²) in [4.78, 5) is 1.26. The van der Waals surface area contributed by atoms with Gasteiger partial charge in [0.05, 0.1) is 17.4 Å². The first-order valence-electron chi connectivity index (χ1n) is 6.56. The lowest BCUT2D eigenvalue weighted by Crippen LogP contribution is -2.29. The summed E-state index contributed by atoms with van der Waals surface area (Å²) in [6.07, 6.45) is 2.78. The van der Waals surface area contributed by atoms with Crippen LogP contribution in [0.5, 0.6) is 0 Å². The van der Waals surface area contributed by atoms with E-state index in [2.05, 4.69) is 37.9 Å². The number of halogens is 1. The molecule has 108 valence electrons. The molecule has 0 radical (unpaired) electrons. The van der Waals surface area contributed by atoms with Crippen LogP contribution in [0.3, 0.4) is 0 Å². The third-order valence-electron chi connectivity index (χ3n) is 3.22. The van der Waals surface area contributed by atoms with Crippen molar-refractivity contribution in [3.63, 3.8) is 0 Å². The second kappa shape index (κ2) is 6.53. The Kier molecular flexibility index (Phi) is 4.50. The van der Waals surface area contributed by atoms with Gasteiger partial charge in [0.25, 0.3) is 0 Å². The van der Waals surface area contributed by atoms with Crippen molar-refractivity contribution < 1.29 is 0 Å². The number of rotatable bonds is 5. The fourth-order valence-electron chi connectivity index (χ4n) is 2.16. The monoisotopic (exact) mass is 362 g/mol. The van der Waals surface area contributed by atoms with Crippen molar-refractivity contribution >= 4 is 27.3 Å². The maximum atomic E-state index is 5.70. The molecular formula is C15H15BrN4S. The van der Waals surface area contributed by atoms with Gasteiger partial charge in [-0.1, -0.05) is 18.2 Å². The number of para-hydroxylation sites is 1. The molecule has 4 nitrogen and oxygen atoms in total. The molecule has 1 atom stereocenters. The highest BCUT2D eigenvalue weighted by Gasteiger charge is 2.15. The molecule has 21 heavy (non-hydrogen) atoms. The Bertz CT molecular complexity index is 707. The van der Waals surface area contributed by atoms with E-state index in [-0.39, 0.29) is 6.04 Å². The van der Waals surface area contributed by atoms with Gasteiger partial charge in [0.2, 0.25) is 0 Å². The van der Waals surface area contributed by atoms with Crippen molar-refractivity contribution in [1.29, 1.82) is 0 Å². The highest BCUT2D eigenvalue weighted by Crippen LogP contribution is 2.25. The Labute approximate surface area is 135 Å². The summed E-state index contributed by atoms with van der Waals surface area (Å²) in [6, 6.07) is 14.2. The van der Waals surface area contributed by atoms with E-state index in [9.17, 15) is 0 Å². The first kappa shape index (κ1) is 14.5. The van der Waals surface area contributed by atoms with E-state index in [0.717, 1.165) is 22.3 Å². The molecule has 1 unspecified atom stereocenters. The average Bonchev–Trinajstić information content (AvgIpc) is 3.15. The normalized spacial score (nSPS) is 12.5. The standard InChI is InChI=1S/C15H15BrN4S/c16-11-8-13(21-10-11)9-15(18-17)14-6-7-20(19-14)12-4-2-1-3-5-12/h1-8,10,15,18H,9,17H2. The van der Waals surface area contributed by atoms with Gasteiger partial charge < -0.3 is 0 Å². The van der Waals surface area contributed by atoms with Gasteiger partial charge in [-0.15, -0.1) is 11.3 Å². The van der Waals surface area contributed by atoms with Gasteiger partial charge in [0.1, 0.15) is 0 Å². The summed E-state index contributed by atoms with van der Waals surface area (Å²) in [6.45, 7) is 0. The van der Waals surface area contributed by atoms with Crippen molar-refractivity contribution in [1.82, 2.24) is 15.2 Å². The predicted molar refractivity (Wildman–Crippen MR) is 89.4 cm³/mol. The fraction of sp³-hybridized carbons (Fsp3) is 0.133. The summed E-state index contributed by atoms with van der Waals surface area (Å²) < 4.78 is 2.97. The van der Waals surface area contributed by atoms with Gasteiger partial charge in [-0.25, -0.2) is 4.68 Å². The number of hydrazine groups is 1. The topological polar surface area (TPSA) is 55.9 Å². The summed E-state index contributed by atoms with van der Waals surface area (Å²) in [5, 5.41) is 6.70. The number of nitrogens with one attached hydrogen (secondary N) is 1. The van der Waals surface area contributed by atoms with E-state index in [1.165, 1.54) is 4.88 Å². The van der Waals surface area contributed by atoms with E-state index in [0.29, 0.717) is 0 Å². The van der Waals surface area contributed by atoms with Gasteiger partial charge in [0.15, 0.2) is 0 Å². The number of aromatic nitrogens is 2. The number of thiophene rings is 1. The Balaban J connectivity index is 1.80. The molecule has 6 heteroatoms. The Hall–Kier alpha value is -1.47. The van der Waals surface area contributed by atoms with Crippen LogP contribution in [0, 0.1) is 0 Å². The molecule has 0 aliphatic carbocycles. The van der Waals surface area contributed by atoms with Gasteiger partial charge in [0, 0.05) is 27.3 Å². The van der Waals surface area contributed by atoms with E-state index in [1.54, 1.807) is 11.3 Å². The molecule has 0 amide bonds. The number of nitrogens with zero attached hydrogens (tertiary/aromatic N) is 2. The van der Waals surface area contributed by atoms with Crippen molar-refractivity contribution in [2.45, 2.75) is 12.5 Å². The maximum Gasteiger partial charge on any atom is 0.0815 e. The number of hydrogen-bond donors (Lipinski definition) is 2. The van der Waals surface area contributed by atoms with Crippen LogP contribution >= 0.6 is 27.3 Å². The molecule has 3 N–H and O–H groups in total. The molecule has 2 aromatic heterocycles. The Morgan fingerprint density at radius 3 is 2.76 bits per heavy atom. The SMILES string of the molecule is NNC(Cc1cc(Br)cs1)c1ccn(-c2ccccc2)n1. The van der Waals surface area contributed by atoms with Gasteiger partial charge in [-0.2, -0.15) is 5.10 Å². The van der Waals surface area contributed by atoms with E-state index in [1.807, 2.05) is 47.3 Å². The van der Waals surface area contributed by atoms with Crippen LogP contribution in [0.25, 0.3) is 5.69 Å². The molecule has 0 spiro atoms. The zero-order valence-corrected chi connectivity index (χ0v) is 13.6. The van der Waals surface area contributed by atoms with Gasteiger partial charge in [-0.05, 0) is 40.2 Å². The minimum Gasteiger partial charge on any atom is -0.271 e. The van der Waals surface area contributed by atoms with Gasteiger partial charge in [-0.3, -0.25) is 11.3 Å². The lowest BCUT2D eigenvalue weighted by molar-refractivity contribution is 0.536. The fourth-order valence-corrected chi connectivity index (χ4v) is 3.66. The van der Waals surface area contributed by atoms with Crippen LogP contribution in [-0.2, 0) is 6.42 Å². The molecule has 0 aliphatic heterocycles. The molecule has 0 saturated heterocycles. The summed E-state index contributed by atoms with van der Waals surface area (Å²) in [5.74, 6) is 5.70. The molecule has 0 bridgehead atoms. The van der Waals surface area contributed by atoms with Crippen LogP contribution in [0.1, 0.15) is 16.6 Å².